The van der Waals surface area contributed by atoms with Crippen molar-refractivity contribution in [2.24, 2.45) is 0 Å². The average Bonchev–Trinajstić information content (AvgIpc) is 2.46. The molecule has 116 valence electrons. The highest BCUT2D eigenvalue weighted by Crippen LogP contribution is 2.24. The number of nitrogens with one attached hydrogen (secondary N) is 1. The highest BCUT2D eigenvalue weighted by atomic mass is 79.9. The Hall–Kier alpha value is -1.86. The number of carbonyl (C=O) groups excluding carboxylic acids is 1. The van der Waals surface area contributed by atoms with Crippen LogP contribution in [0.5, 0.6) is 5.75 Å². The molecule has 0 aliphatic heterocycles. The van der Waals surface area contributed by atoms with Gasteiger partial charge in [-0.05, 0) is 40.2 Å². The first kappa shape index (κ1) is 16.5. The summed E-state index contributed by atoms with van der Waals surface area (Å²) in [6.07, 6.45) is 1.09. The van der Waals surface area contributed by atoms with Crippen LogP contribution in [0.4, 0.5) is 5.69 Å². The molecule has 0 bridgehead atoms. The average molecular weight is 384 g/mol. The minimum absolute atomic E-state index is 0.0734. The van der Waals surface area contributed by atoms with Gasteiger partial charge in [-0.25, -0.2) is 8.42 Å². The van der Waals surface area contributed by atoms with Gasteiger partial charge in [0.25, 0.3) is 5.91 Å². The largest absolute Gasteiger partial charge is 0.483 e. The Morgan fingerprint density at radius 1 is 1.14 bits per heavy atom. The minimum Gasteiger partial charge on any atom is -0.483 e. The molecule has 0 saturated heterocycles. The first-order valence-corrected chi connectivity index (χ1v) is 9.02. The molecule has 1 amide bonds. The second-order valence-corrected chi connectivity index (χ2v) is 7.37. The summed E-state index contributed by atoms with van der Waals surface area (Å²) in [7, 11) is -3.42. The third-order valence-electron chi connectivity index (χ3n) is 2.76. The van der Waals surface area contributed by atoms with Gasteiger partial charge in [0, 0.05) is 6.26 Å². The first-order valence-electron chi connectivity index (χ1n) is 6.34. The molecule has 7 heteroatoms. The third-order valence-corrected chi connectivity index (χ3v) is 4.57. The van der Waals surface area contributed by atoms with Gasteiger partial charge in [0.15, 0.2) is 16.4 Å². The molecule has 0 radical (unpaired) electrons. The Morgan fingerprint density at radius 3 is 2.45 bits per heavy atom. The predicted octanol–water partition coefficient (Wildman–Crippen LogP) is 2.87. The number of amides is 1. The van der Waals surface area contributed by atoms with Crippen LogP contribution < -0.4 is 10.1 Å². The molecular formula is C15H14BrNO4S. The maximum Gasteiger partial charge on any atom is 0.262 e. The lowest BCUT2D eigenvalue weighted by Gasteiger charge is -2.11. The molecule has 0 spiro atoms. The molecule has 0 unspecified atom stereocenters. The smallest absolute Gasteiger partial charge is 0.262 e. The quantitative estimate of drug-likeness (QED) is 0.861. The maximum absolute atomic E-state index is 11.9. The van der Waals surface area contributed by atoms with Gasteiger partial charge < -0.3 is 10.1 Å². The van der Waals surface area contributed by atoms with Crippen molar-refractivity contribution in [3.63, 3.8) is 0 Å². The second kappa shape index (κ2) is 6.93. The van der Waals surface area contributed by atoms with Crippen molar-refractivity contribution in [2.75, 3.05) is 18.2 Å². The molecule has 0 saturated carbocycles. The van der Waals surface area contributed by atoms with E-state index in [4.69, 9.17) is 4.74 Å². The monoisotopic (exact) mass is 383 g/mol. The van der Waals surface area contributed by atoms with Crippen molar-refractivity contribution in [3.05, 3.63) is 53.0 Å². The predicted molar refractivity (Wildman–Crippen MR) is 87.8 cm³/mol. The molecule has 0 atom stereocenters. The standard InChI is InChI=1S/C15H14BrNO4S/c1-22(19,20)14-9-5-3-7-12(14)17-15(18)10-21-13-8-4-2-6-11(13)16/h2-9H,10H2,1H3,(H,17,18). The van der Waals surface area contributed by atoms with Gasteiger partial charge in [0.2, 0.25) is 0 Å². The van der Waals surface area contributed by atoms with E-state index in [-0.39, 0.29) is 17.2 Å². The zero-order chi connectivity index (χ0) is 16.2. The fourth-order valence-electron chi connectivity index (χ4n) is 1.78. The summed E-state index contributed by atoms with van der Waals surface area (Å²) in [5.74, 6) is 0.0981. The van der Waals surface area contributed by atoms with Crippen molar-refractivity contribution in [3.8, 4) is 5.75 Å². The molecule has 22 heavy (non-hydrogen) atoms. The van der Waals surface area contributed by atoms with Gasteiger partial charge in [0.05, 0.1) is 15.1 Å². The molecule has 0 aliphatic carbocycles. The number of ether oxygens (including phenoxy) is 1. The van der Waals surface area contributed by atoms with Crippen LogP contribution in [0.1, 0.15) is 0 Å². The Kier molecular flexibility index (Phi) is 5.20. The zero-order valence-corrected chi connectivity index (χ0v) is 14.1. The van der Waals surface area contributed by atoms with Gasteiger partial charge in [-0.1, -0.05) is 24.3 Å². The van der Waals surface area contributed by atoms with E-state index < -0.39 is 15.7 Å². The molecular weight excluding hydrogens is 370 g/mol. The summed E-state index contributed by atoms with van der Waals surface area (Å²) >= 11 is 3.31. The highest BCUT2D eigenvalue weighted by molar-refractivity contribution is 9.10. The van der Waals surface area contributed by atoms with E-state index in [1.54, 1.807) is 30.3 Å². The molecule has 2 rings (SSSR count). The second-order valence-electron chi connectivity index (χ2n) is 4.54. The number of benzene rings is 2. The van der Waals surface area contributed by atoms with Crippen molar-refractivity contribution in [1.82, 2.24) is 0 Å². The van der Waals surface area contributed by atoms with Crippen molar-refractivity contribution in [2.45, 2.75) is 4.90 Å². The number of hydrogen-bond donors (Lipinski definition) is 1. The zero-order valence-electron chi connectivity index (χ0n) is 11.7. The summed E-state index contributed by atoms with van der Waals surface area (Å²) in [5, 5.41) is 2.55. The van der Waals surface area contributed by atoms with Crippen LogP contribution in [0.2, 0.25) is 0 Å². The van der Waals surface area contributed by atoms with E-state index >= 15 is 0 Å². The van der Waals surface area contributed by atoms with Gasteiger partial charge in [-0.3, -0.25) is 4.79 Å². The fourth-order valence-corrected chi connectivity index (χ4v) is 3.03. The molecule has 0 aliphatic rings. The highest BCUT2D eigenvalue weighted by Gasteiger charge is 2.14. The number of hydrogen-bond acceptors (Lipinski definition) is 4. The van der Waals surface area contributed by atoms with E-state index in [2.05, 4.69) is 21.2 Å². The van der Waals surface area contributed by atoms with E-state index in [0.717, 1.165) is 10.7 Å². The summed E-state index contributed by atoms with van der Waals surface area (Å²) < 4.78 is 29.5. The van der Waals surface area contributed by atoms with Gasteiger partial charge >= 0.3 is 0 Å². The van der Waals surface area contributed by atoms with Crippen LogP contribution in [-0.2, 0) is 14.6 Å². The number of sulfone groups is 1. The summed E-state index contributed by atoms with van der Waals surface area (Å²) in [4.78, 5) is 12.0. The molecule has 2 aromatic carbocycles. The van der Waals surface area contributed by atoms with Gasteiger partial charge in [-0.15, -0.1) is 0 Å². The molecule has 5 nitrogen and oxygen atoms in total. The van der Waals surface area contributed by atoms with Crippen LogP contribution in [0.15, 0.2) is 57.9 Å². The molecule has 0 aromatic heterocycles. The molecule has 0 heterocycles. The number of para-hydroxylation sites is 2. The topological polar surface area (TPSA) is 72.5 Å². The van der Waals surface area contributed by atoms with Crippen molar-refractivity contribution in [1.29, 1.82) is 0 Å². The van der Waals surface area contributed by atoms with Gasteiger partial charge in [-0.2, -0.15) is 0 Å². The normalized spacial score (nSPS) is 11.0. The van der Waals surface area contributed by atoms with Crippen LogP contribution in [-0.4, -0.2) is 27.2 Å². The summed E-state index contributed by atoms with van der Waals surface area (Å²) in [6.45, 7) is -0.222. The molecule has 1 N–H and O–H groups in total. The number of anilines is 1. The van der Waals surface area contributed by atoms with Crippen LogP contribution in [0.25, 0.3) is 0 Å². The lowest BCUT2D eigenvalue weighted by molar-refractivity contribution is -0.118. The summed E-state index contributed by atoms with van der Waals surface area (Å²) in [5.41, 5.74) is 0.241. The Labute approximate surface area is 137 Å². The molecule has 0 fully saturated rings. The van der Waals surface area contributed by atoms with E-state index in [9.17, 15) is 13.2 Å². The van der Waals surface area contributed by atoms with Crippen LogP contribution in [0.3, 0.4) is 0 Å². The van der Waals surface area contributed by atoms with Crippen molar-refractivity contribution < 1.29 is 17.9 Å². The fraction of sp³-hybridized carbons (Fsp3) is 0.133. The van der Waals surface area contributed by atoms with Crippen LogP contribution in [0, 0.1) is 0 Å². The number of halogens is 1. The number of carbonyl (C=O) groups is 1. The van der Waals surface area contributed by atoms with E-state index in [0.29, 0.717) is 5.75 Å². The lowest BCUT2D eigenvalue weighted by Crippen LogP contribution is -2.21. The lowest BCUT2D eigenvalue weighted by atomic mass is 10.3. The van der Waals surface area contributed by atoms with Crippen LogP contribution >= 0.6 is 15.9 Å². The molecule has 2 aromatic rings. The van der Waals surface area contributed by atoms with E-state index in [1.807, 2.05) is 6.07 Å². The number of rotatable bonds is 5. The minimum atomic E-state index is -3.42. The Bertz CT molecular complexity index is 790. The van der Waals surface area contributed by atoms with Crippen molar-refractivity contribution >= 4 is 37.4 Å². The van der Waals surface area contributed by atoms with E-state index in [1.165, 1.54) is 12.1 Å². The SMILES string of the molecule is CS(=O)(=O)c1ccccc1NC(=O)COc1ccccc1Br. The first-order chi connectivity index (χ1) is 10.4. The maximum atomic E-state index is 11.9. The van der Waals surface area contributed by atoms with Gasteiger partial charge in [0.1, 0.15) is 5.75 Å². The summed E-state index contributed by atoms with van der Waals surface area (Å²) in [6, 6.07) is 13.4. The Morgan fingerprint density at radius 2 is 1.77 bits per heavy atom. The third kappa shape index (κ3) is 4.32. The Balaban J connectivity index is 2.06.